The molecule has 152 valence electrons. The first-order chi connectivity index (χ1) is 14.2. The van der Waals surface area contributed by atoms with Crippen molar-refractivity contribution in [3.05, 3.63) is 86.8 Å². The third-order valence-electron chi connectivity index (χ3n) is 4.52. The maximum Gasteiger partial charge on any atom is 0.282 e. The fourth-order valence-electron chi connectivity index (χ4n) is 3.08. The molecule has 2 aromatic heterocycles. The average molecular weight is 468 g/mol. The Balaban J connectivity index is 1.79. The van der Waals surface area contributed by atoms with Crippen LogP contribution >= 0.6 is 15.9 Å². The van der Waals surface area contributed by atoms with Gasteiger partial charge in [0.1, 0.15) is 23.2 Å². The highest BCUT2D eigenvalue weighted by molar-refractivity contribution is 9.10. The van der Waals surface area contributed by atoms with Crippen LogP contribution in [0.3, 0.4) is 0 Å². The number of benzene rings is 2. The molecule has 4 aromatic rings. The molecule has 0 aliphatic carbocycles. The van der Waals surface area contributed by atoms with Gasteiger partial charge in [-0.05, 0) is 42.5 Å². The second-order valence-corrected chi connectivity index (χ2v) is 8.84. The summed E-state index contributed by atoms with van der Waals surface area (Å²) in [7, 11) is 0. The summed E-state index contributed by atoms with van der Waals surface area (Å²) < 4.78 is 21.3. The Morgan fingerprint density at radius 3 is 2.67 bits per heavy atom. The molecule has 0 amide bonds. The van der Waals surface area contributed by atoms with Crippen molar-refractivity contribution in [2.75, 3.05) is 0 Å². The van der Waals surface area contributed by atoms with E-state index in [1.165, 1.54) is 23.0 Å². The molecule has 2 aromatic carbocycles. The molecule has 0 unspecified atom stereocenters. The number of hydrogen-bond acceptors (Lipinski definition) is 4. The normalized spacial score (nSPS) is 12.2. The zero-order valence-corrected chi connectivity index (χ0v) is 18.3. The minimum absolute atomic E-state index is 0.264. The molecule has 0 aliphatic heterocycles. The first kappa shape index (κ1) is 20.2. The number of halogens is 2. The highest BCUT2D eigenvalue weighted by Crippen LogP contribution is 2.24. The monoisotopic (exact) mass is 467 g/mol. The van der Waals surface area contributed by atoms with E-state index in [9.17, 15) is 9.18 Å². The predicted octanol–water partition coefficient (Wildman–Crippen LogP) is 5.74. The van der Waals surface area contributed by atoms with Crippen molar-refractivity contribution in [1.82, 2.24) is 9.66 Å². The first-order valence-corrected chi connectivity index (χ1v) is 10.1. The van der Waals surface area contributed by atoms with E-state index in [4.69, 9.17) is 4.42 Å². The van der Waals surface area contributed by atoms with Crippen LogP contribution in [0.1, 0.15) is 32.4 Å². The van der Waals surface area contributed by atoms with Gasteiger partial charge in [0.2, 0.25) is 0 Å². The smallest absolute Gasteiger partial charge is 0.282 e. The van der Waals surface area contributed by atoms with Crippen molar-refractivity contribution in [1.29, 1.82) is 0 Å². The summed E-state index contributed by atoms with van der Waals surface area (Å²) in [6.45, 7) is 5.92. The lowest BCUT2D eigenvalue weighted by Gasteiger charge is -2.20. The minimum atomic E-state index is -0.409. The van der Waals surface area contributed by atoms with Gasteiger partial charge in [0.15, 0.2) is 0 Å². The van der Waals surface area contributed by atoms with Gasteiger partial charge in [0.25, 0.3) is 5.56 Å². The SMILES string of the molecule is CC(C)(C)c1nc2ccc(Br)cc2c(=O)n1N=Cc1ccc(-c2cccc(F)c2)o1. The summed E-state index contributed by atoms with van der Waals surface area (Å²) in [5.74, 6) is 1.15. The van der Waals surface area contributed by atoms with E-state index in [0.29, 0.717) is 33.8 Å². The van der Waals surface area contributed by atoms with Crippen molar-refractivity contribution < 1.29 is 8.81 Å². The molecule has 5 nitrogen and oxygen atoms in total. The summed E-state index contributed by atoms with van der Waals surface area (Å²) in [5.41, 5.74) is 0.568. The summed E-state index contributed by atoms with van der Waals surface area (Å²) in [6.07, 6.45) is 1.46. The number of hydrogen-bond donors (Lipinski definition) is 0. The van der Waals surface area contributed by atoms with Gasteiger partial charge >= 0.3 is 0 Å². The number of nitrogens with zero attached hydrogens (tertiary/aromatic N) is 3. The van der Waals surface area contributed by atoms with Gasteiger partial charge < -0.3 is 4.42 Å². The molecular weight excluding hydrogens is 449 g/mol. The van der Waals surface area contributed by atoms with Gasteiger partial charge in [-0.3, -0.25) is 4.79 Å². The van der Waals surface area contributed by atoms with Crippen molar-refractivity contribution >= 4 is 33.0 Å². The summed E-state index contributed by atoms with van der Waals surface area (Å²) in [5, 5.41) is 4.85. The Hall–Kier alpha value is -3.06. The van der Waals surface area contributed by atoms with E-state index < -0.39 is 5.41 Å². The van der Waals surface area contributed by atoms with Crippen molar-refractivity contribution in [3.63, 3.8) is 0 Å². The minimum Gasteiger partial charge on any atom is -0.455 e. The number of fused-ring (bicyclic) bond motifs is 1. The Morgan fingerprint density at radius 1 is 1.13 bits per heavy atom. The van der Waals surface area contributed by atoms with Crippen LogP contribution in [-0.4, -0.2) is 15.9 Å². The molecule has 0 fully saturated rings. The fraction of sp³-hybridized carbons (Fsp3) is 0.174. The molecule has 0 saturated carbocycles. The maximum absolute atomic E-state index is 13.5. The molecule has 2 heterocycles. The lowest BCUT2D eigenvalue weighted by molar-refractivity contribution is 0.505. The van der Waals surface area contributed by atoms with Gasteiger partial charge in [-0.25, -0.2) is 9.37 Å². The van der Waals surface area contributed by atoms with E-state index in [1.807, 2.05) is 32.9 Å². The predicted molar refractivity (Wildman–Crippen MR) is 119 cm³/mol. The first-order valence-electron chi connectivity index (χ1n) is 9.35. The van der Waals surface area contributed by atoms with Crippen molar-refractivity contribution in [3.8, 4) is 11.3 Å². The van der Waals surface area contributed by atoms with E-state index >= 15 is 0 Å². The summed E-state index contributed by atoms with van der Waals surface area (Å²) in [4.78, 5) is 17.8. The third kappa shape index (κ3) is 3.98. The number of rotatable bonds is 3. The van der Waals surface area contributed by atoms with Crippen LogP contribution in [0.15, 0.2) is 73.4 Å². The van der Waals surface area contributed by atoms with Crippen molar-refractivity contribution in [2.24, 2.45) is 5.10 Å². The Kier molecular flexibility index (Phi) is 5.15. The Bertz CT molecular complexity index is 1330. The Morgan fingerprint density at radius 2 is 1.93 bits per heavy atom. The highest BCUT2D eigenvalue weighted by atomic mass is 79.9. The molecule has 0 spiro atoms. The molecule has 0 aliphatic rings. The van der Waals surface area contributed by atoms with Crippen molar-refractivity contribution in [2.45, 2.75) is 26.2 Å². The van der Waals surface area contributed by atoms with Crippen LogP contribution in [0.4, 0.5) is 4.39 Å². The molecule has 4 rings (SSSR count). The van der Waals surface area contributed by atoms with E-state index in [0.717, 1.165) is 4.47 Å². The van der Waals surface area contributed by atoms with Crippen LogP contribution in [0, 0.1) is 5.82 Å². The standard InChI is InChI=1S/C23H19BrFN3O2/c1-23(2,3)22-27-19-9-7-15(24)12-18(19)21(29)28(22)26-13-17-8-10-20(30-17)14-5-4-6-16(25)11-14/h4-13H,1-3H3. The third-order valence-corrected chi connectivity index (χ3v) is 5.01. The summed E-state index contributed by atoms with van der Waals surface area (Å²) >= 11 is 3.40. The summed E-state index contributed by atoms with van der Waals surface area (Å²) in [6, 6.07) is 15.0. The molecule has 0 atom stereocenters. The van der Waals surface area contributed by atoms with Gasteiger partial charge in [-0.1, -0.05) is 48.8 Å². The van der Waals surface area contributed by atoms with Crippen LogP contribution in [-0.2, 0) is 5.41 Å². The average Bonchev–Trinajstić information content (AvgIpc) is 3.16. The topological polar surface area (TPSA) is 60.4 Å². The zero-order chi connectivity index (χ0) is 21.5. The quantitative estimate of drug-likeness (QED) is 0.361. The number of furan rings is 1. The fourth-order valence-corrected chi connectivity index (χ4v) is 3.44. The van der Waals surface area contributed by atoms with Crippen LogP contribution in [0.5, 0.6) is 0 Å². The second-order valence-electron chi connectivity index (χ2n) is 7.92. The maximum atomic E-state index is 13.5. The zero-order valence-electron chi connectivity index (χ0n) is 16.7. The van der Waals surface area contributed by atoms with E-state index in [-0.39, 0.29) is 11.4 Å². The largest absolute Gasteiger partial charge is 0.455 e. The highest BCUT2D eigenvalue weighted by Gasteiger charge is 2.23. The van der Waals surface area contributed by atoms with Crippen LogP contribution < -0.4 is 5.56 Å². The lowest BCUT2D eigenvalue weighted by Crippen LogP contribution is -2.29. The molecule has 0 N–H and O–H groups in total. The molecule has 0 radical (unpaired) electrons. The Labute approximate surface area is 181 Å². The molecular formula is C23H19BrFN3O2. The van der Waals surface area contributed by atoms with Crippen LogP contribution in [0.2, 0.25) is 0 Å². The molecule has 30 heavy (non-hydrogen) atoms. The van der Waals surface area contributed by atoms with Gasteiger partial charge in [0.05, 0.1) is 17.1 Å². The van der Waals surface area contributed by atoms with Gasteiger partial charge in [0, 0.05) is 15.5 Å². The van der Waals surface area contributed by atoms with Gasteiger partial charge in [-0.2, -0.15) is 9.78 Å². The number of aromatic nitrogens is 2. The molecule has 0 bridgehead atoms. The van der Waals surface area contributed by atoms with Gasteiger partial charge in [-0.15, -0.1) is 0 Å². The second kappa shape index (κ2) is 7.65. The van der Waals surface area contributed by atoms with E-state index in [1.54, 1.807) is 30.3 Å². The van der Waals surface area contributed by atoms with E-state index in [2.05, 4.69) is 26.0 Å². The molecule has 7 heteroatoms. The molecule has 0 saturated heterocycles. The lowest BCUT2D eigenvalue weighted by atomic mass is 9.95. The van der Waals surface area contributed by atoms with Crippen LogP contribution in [0.25, 0.3) is 22.2 Å².